The van der Waals surface area contributed by atoms with Gasteiger partial charge in [-0.15, -0.1) is 0 Å². The summed E-state index contributed by atoms with van der Waals surface area (Å²) in [5, 5.41) is 0. The number of hydrogen-bond acceptors (Lipinski definition) is 16. The first-order chi connectivity index (χ1) is 29.3. The van der Waals surface area contributed by atoms with Crippen LogP contribution in [-0.4, -0.2) is 163 Å². The molecule has 16 nitrogen and oxygen atoms in total. The molecule has 2 aliphatic heterocycles. The summed E-state index contributed by atoms with van der Waals surface area (Å²) in [5.41, 5.74) is 3.08. The Morgan fingerprint density at radius 2 is 0.850 bits per heavy atom. The number of esters is 2. The average molecular weight is 831 g/mol. The summed E-state index contributed by atoms with van der Waals surface area (Å²) in [6.45, 7) is 11.1. The molecular weight excluding hydrogens is 773 g/mol. The first-order valence-corrected chi connectivity index (χ1v) is 19.9. The van der Waals surface area contributed by atoms with Gasteiger partial charge in [-0.25, -0.2) is 9.59 Å². The first kappa shape index (κ1) is 45.4. The molecule has 0 unspecified atom stereocenters. The Kier molecular flexibility index (Phi) is 18.0. The quantitative estimate of drug-likeness (QED) is 0.132. The molecule has 6 rings (SSSR count). The number of ether oxygens (including phenoxy) is 8. The van der Waals surface area contributed by atoms with Gasteiger partial charge in [0.1, 0.15) is 13.2 Å². The van der Waals surface area contributed by atoms with Gasteiger partial charge in [-0.2, -0.15) is 0 Å². The van der Waals surface area contributed by atoms with Crippen LogP contribution in [-0.2, 0) is 22.6 Å². The van der Waals surface area contributed by atoms with Crippen LogP contribution in [0.15, 0.2) is 73.3 Å². The Labute approximate surface area is 352 Å². The van der Waals surface area contributed by atoms with Gasteiger partial charge in [0, 0.05) is 114 Å². The van der Waals surface area contributed by atoms with Crippen LogP contribution in [0, 0.1) is 0 Å². The van der Waals surface area contributed by atoms with Gasteiger partial charge in [-0.05, 0) is 36.4 Å². The highest BCUT2D eigenvalue weighted by Gasteiger charge is 2.23. The van der Waals surface area contributed by atoms with Crippen molar-refractivity contribution in [2.45, 2.75) is 13.1 Å². The van der Waals surface area contributed by atoms with Crippen molar-refractivity contribution in [3.8, 4) is 34.5 Å². The van der Waals surface area contributed by atoms with Gasteiger partial charge in [0.15, 0.2) is 23.0 Å². The van der Waals surface area contributed by atoms with Crippen molar-refractivity contribution in [1.82, 2.24) is 29.6 Å². The zero-order chi connectivity index (χ0) is 42.7. The highest BCUT2D eigenvalue weighted by atomic mass is 16.5. The van der Waals surface area contributed by atoms with Crippen LogP contribution in [0.3, 0.4) is 0 Å². The van der Waals surface area contributed by atoms with Crippen molar-refractivity contribution in [1.29, 1.82) is 0 Å². The van der Waals surface area contributed by atoms with E-state index < -0.39 is 0 Å². The minimum atomic E-state index is -0.331. The van der Waals surface area contributed by atoms with Gasteiger partial charge in [0.25, 0.3) is 0 Å². The molecule has 2 aromatic heterocycles. The smallest absolute Gasteiger partial charge is 0.339 e. The minimum absolute atomic E-state index is 0.331. The Morgan fingerprint density at radius 3 is 1.17 bits per heavy atom. The largest absolute Gasteiger partial charge is 0.493 e. The molecule has 0 N–H and O–H groups in total. The molecule has 324 valence electrons. The summed E-state index contributed by atoms with van der Waals surface area (Å²) in [4.78, 5) is 41.2. The van der Waals surface area contributed by atoms with Crippen LogP contribution in [0.1, 0.15) is 31.8 Å². The van der Waals surface area contributed by atoms with E-state index in [4.69, 9.17) is 37.9 Å². The van der Waals surface area contributed by atoms with Crippen molar-refractivity contribution in [2.24, 2.45) is 0 Å². The zero-order valence-electron chi connectivity index (χ0n) is 35.6. The monoisotopic (exact) mass is 830 g/mol. The molecule has 2 fully saturated rings. The van der Waals surface area contributed by atoms with E-state index in [-0.39, 0.29) is 11.9 Å². The second-order valence-electron chi connectivity index (χ2n) is 14.0. The summed E-state index contributed by atoms with van der Waals surface area (Å²) in [6.07, 6.45) is 6.30. The van der Waals surface area contributed by atoms with E-state index in [0.717, 1.165) is 89.7 Å². The van der Waals surface area contributed by atoms with E-state index in [1.54, 1.807) is 79.3 Å². The summed E-state index contributed by atoms with van der Waals surface area (Å²) in [6, 6.07) is 14.7. The highest BCUT2D eigenvalue weighted by molar-refractivity contribution is 5.89. The Balaban J connectivity index is 0.000000228. The summed E-state index contributed by atoms with van der Waals surface area (Å²) in [5.74, 6) is 3.30. The summed E-state index contributed by atoms with van der Waals surface area (Å²) < 4.78 is 43.6. The predicted molar refractivity (Wildman–Crippen MR) is 225 cm³/mol. The molecule has 2 aromatic carbocycles. The van der Waals surface area contributed by atoms with Gasteiger partial charge in [0.05, 0.1) is 53.8 Å². The lowest BCUT2D eigenvalue weighted by atomic mass is 10.1. The van der Waals surface area contributed by atoms with Gasteiger partial charge < -0.3 is 37.9 Å². The Morgan fingerprint density at radius 1 is 0.483 bits per heavy atom. The van der Waals surface area contributed by atoms with Crippen molar-refractivity contribution in [3.05, 3.63) is 95.6 Å². The second kappa shape index (κ2) is 23.8. The second-order valence-corrected chi connectivity index (χ2v) is 14.0. The maximum Gasteiger partial charge on any atom is 0.339 e. The van der Waals surface area contributed by atoms with Crippen molar-refractivity contribution in [2.75, 3.05) is 121 Å². The molecule has 0 spiro atoms. The van der Waals surface area contributed by atoms with Crippen LogP contribution in [0.25, 0.3) is 0 Å². The Bertz CT molecular complexity index is 1790. The number of aromatic nitrogens is 2. The third-order valence-electron chi connectivity index (χ3n) is 10.4. The van der Waals surface area contributed by atoms with Crippen LogP contribution >= 0.6 is 0 Å². The molecule has 2 aliphatic rings. The van der Waals surface area contributed by atoms with Crippen molar-refractivity contribution < 1.29 is 47.5 Å². The number of methoxy groups -OCH3 is 6. The Hall–Kier alpha value is -5.68. The maximum atomic E-state index is 12.0. The molecule has 4 heterocycles. The number of benzene rings is 2. The normalized spacial score (nSPS) is 14.9. The molecule has 16 heteroatoms. The predicted octanol–water partition coefficient (Wildman–Crippen LogP) is 4.16. The molecule has 4 aromatic rings. The number of hydrogen-bond donors (Lipinski definition) is 0. The van der Waals surface area contributed by atoms with E-state index in [1.165, 1.54) is 12.4 Å². The highest BCUT2D eigenvalue weighted by Crippen LogP contribution is 2.41. The number of carbonyl (C=O) groups is 2. The molecule has 0 aliphatic carbocycles. The van der Waals surface area contributed by atoms with Crippen LogP contribution in [0.5, 0.6) is 34.5 Å². The molecule has 0 bridgehead atoms. The molecule has 60 heavy (non-hydrogen) atoms. The van der Waals surface area contributed by atoms with Gasteiger partial charge >= 0.3 is 11.9 Å². The van der Waals surface area contributed by atoms with E-state index in [0.29, 0.717) is 58.8 Å². The lowest BCUT2D eigenvalue weighted by molar-refractivity contribution is 0.0410. The van der Waals surface area contributed by atoms with E-state index in [9.17, 15) is 9.59 Å². The van der Waals surface area contributed by atoms with Gasteiger partial charge in [-0.3, -0.25) is 29.6 Å². The minimum Gasteiger partial charge on any atom is -0.493 e. The van der Waals surface area contributed by atoms with Gasteiger partial charge in [0.2, 0.25) is 11.5 Å². The van der Waals surface area contributed by atoms with Crippen LogP contribution in [0.2, 0.25) is 0 Å². The standard InChI is InChI=1S/2C22H29N3O5/c2*1-27-19-7-6-18(20(28-2)21(19)29-3)16-25-11-9-24(10-12-25)13-14-30-22(26)17-5-4-8-23-15-17/h2*4-8,15H,9-14,16H2,1-3H3. The number of piperazine rings is 2. The molecule has 0 saturated carbocycles. The molecular formula is C44H58N6O10. The number of carbonyl (C=O) groups excluding carboxylic acids is 2. The fourth-order valence-electron chi connectivity index (χ4n) is 7.07. The number of nitrogens with zero attached hydrogens (tertiary/aromatic N) is 6. The molecule has 2 saturated heterocycles. The topological polar surface area (TPSA) is 147 Å². The number of rotatable bonds is 18. The fraction of sp³-hybridized carbons (Fsp3) is 0.455. The van der Waals surface area contributed by atoms with E-state index in [2.05, 4.69) is 29.6 Å². The summed E-state index contributed by atoms with van der Waals surface area (Å²) >= 11 is 0. The maximum absolute atomic E-state index is 12.0. The number of pyridine rings is 2. The molecule has 0 radical (unpaired) electrons. The van der Waals surface area contributed by atoms with Crippen LogP contribution in [0.4, 0.5) is 0 Å². The first-order valence-electron chi connectivity index (χ1n) is 19.9. The fourth-order valence-corrected chi connectivity index (χ4v) is 7.07. The van der Waals surface area contributed by atoms with Crippen molar-refractivity contribution >= 4 is 11.9 Å². The van der Waals surface area contributed by atoms with Crippen molar-refractivity contribution in [3.63, 3.8) is 0 Å². The van der Waals surface area contributed by atoms with E-state index >= 15 is 0 Å². The van der Waals surface area contributed by atoms with Gasteiger partial charge in [-0.1, -0.05) is 12.1 Å². The average Bonchev–Trinajstić information content (AvgIpc) is 3.30. The van der Waals surface area contributed by atoms with Crippen LogP contribution < -0.4 is 28.4 Å². The van der Waals surface area contributed by atoms with E-state index in [1.807, 2.05) is 24.3 Å². The SMILES string of the molecule is COc1ccc(CN2CCN(CCOC(=O)c3cccnc3)CC2)c(OC)c1OC.COc1ccc(CN2CCN(CCOC(=O)c3cccnc3)CC2)c(OC)c1OC. The molecule has 0 amide bonds. The summed E-state index contributed by atoms with van der Waals surface area (Å²) in [7, 11) is 9.75. The molecule has 0 atom stereocenters. The lowest BCUT2D eigenvalue weighted by Crippen LogP contribution is -2.46. The zero-order valence-corrected chi connectivity index (χ0v) is 35.6. The third kappa shape index (κ3) is 12.7. The third-order valence-corrected chi connectivity index (χ3v) is 10.4. The lowest BCUT2D eigenvalue weighted by Gasteiger charge is -2.34.